The molecule has 0 aliphatic rings. The van der Waals surface area contributed by atoms with Crippen LogP contribution in [0, 0.1) is 5.82 Å². The fourth-order valence-electron chi connectivity index (χ4n) is 1.78. The van der Waals surface area contributed by atoms with Gasteiger partial charge in [-0.1, -0.05) is 0 Å². The van der Waals surface area contributed by atoms with Crippen molar-refractivity contribution in [1.82, 2.24) is 9.97 Å². The summed E-state index contributed by atoms with van der Waals surface area (Å²) < 4.78 is 51.2. The molecule has 122 valence electrons. The van der Waals surface area contributed by atoms with Crippen LogP contribution in [0.4, 0.5) is 23.4 Å². The van der Waals surface area contributed by atoms with Crippen LogP contribution in [0.1, 0.15) is 21.5 Å². The minimum absolute atomic E-state index is 0.00230. The number of amides is 1. The van der Waals surface area contributed by atoms with E-state index in [2.05, 4.69) is 15.3 Å². The quantitative estimate of drug-likeness (QED) is 0.657. The van der Waals surface area contributed by atoms with E-state index >= 15 is 0 Å². The molecular weight excluding hydrogens is 340 g/mol. The molecule has 10 heteroatoms. The molecule has 0 saturated carbocycles. The lowest BCUT2D eigenvalue weighted by Crippen LogP contribution is -2.16. The number of nitrogens with one attached hydrogen (secondary N) is 1. The summed E-state index contributed by atoms with van der Waals surface area (Å²) >= 11 is 5.59. The van der Waals surface area contributed by atoms with Crippen molar-refractivity contribution in [2.75, 3.05) is 5.32 Å². The molecule has 1 amide bonds. The molecule has 2 aromatic rings. The standard InChI is InChI=1S/C13H9ClF4N4O/c14-12-21-5-9(10(19)23)11(22-12)20-4-6-1-7(13(16,17)18)3-8(15)2-6/h1-3,5H,4H2,(H2,19,23)(H,20,21,22). The number of aromatic nitrogens is 2. The smallest absolute Gasteiger partial charge is 0.365 e. The predicted octanol–water partition coefficient (Wildman–Crippen LogP) is 3.00. The Bertz CT molecular complexity index is 751. The molecule has 0 aliphatic carbocycles. The highest BCUT2D eigenvalue weighted by Crippen LogP contribution is 2.30. The van der Waals surface area contributed by atoms with Gasteiger partial charge in [0.05, 0.1) is 11.1 Å². The Morgan fingerprint density at radius 2 is 2.00 bits per heavy atom. The molecule has 1 aromatic carbocycles. The summed E-state index contributed by atoms with van der Waals surface area (Å²) in [4.78, 5) is 18.5. The summed E-state index contributed by atoms with van der Waals surface area (Å²) in [6.07, 6.45) is -3.60. The fraction of sp³-hybridized carbons (Fsp3) is 0.154. The van der Waals surface area contributed by atoms with E-state index in [1.54, 1.807) is 0 Å². The molecule has 0 bridgehead atoms. The van der Waals surface area contributed by atoms with E-state index in [9.17, 15) is 22.4 Å². The molecule has 0 radical (unpaired) electrons. The number of hydrogen-bond donors (Lipinski definition) is 2. The van der Waals surface area contributed by atoms with Crippen molar-refractivity contribution in [2.45, 2.75) is 12.7 Å². The first-order valence-electron chi connectivity index (χ1n) is 6.09. The van der Waals surface area contributed by atoms with Crippen molar-refractivity contribution < 1.29 is 22.4 Å². The first-order chi connectivity index (χ1) is 10.7. The van der Waals surface area contributed by atoms with Gasteiger partial charge in [-0.3, -0.25) is 4.79 Å². The van der Waals surface area contributed by atoms with Crippen LogP contribution in [0.5, 0.6) is 0 Å². The molecule has 2 rings (SSSR count). The summed E-state index contributed by atoms with van der Waals surface area (Å²) in [7, 11) is 0. The zero-order chi connectivity index (χ0) is 17.2. The highest BCUT2D eigenvalue weighted by Gasteiger charge is 2.31. The van der Waals surface area contributed by atoms with Crippen LogP contribution in [-0.4, -0.2) is 15.9 Å². The highest BCUT2D eigenvalue weighted by molar-refractivity contribution is 6.28. The number of rotatable bonds is 4. The molecule has 5 nitrogen and oxygen atoms in total. The Kier molecular flexibility index (Phi) is 4.69. The maximum Gasteiger partial charge on any atom is 0.416 e. The molecule has 0 saturated heterocycles. The zero-order valence-electron chi connectivity index (χ0n) is 11.3. The number of nitrogens with zero attached hydrogens (tertiary/aromatic N) is 2. The third-order valence-corrected chi connectivity index (χ3v) is 2.95. The summed E-state index contributed by atoms with van der Waals surface area (Å²) in [5.41, 5.74) is 3.91. The Balaban J connectivity index is 2.27. The Morgan fingerprint density at radius 3 is 2.61 bits per heavy atom. The molecule has 0 atom stereocenters. The van der Waals surface area contributed by atoms with Crippen molar-refractivity contribution in [3.05, 3.63) is 52.2 Å². The lowest BCUT2D eigenvalue weighted by molar-refractivity contribution is -0.137. The minimum Gasteiger partial charge on any atom is -0.365 e. The van der Waals surface area contributed by atoms with Crippen LogP contribution >= 0.6 is 11.6 Å². The van der Waals surface area contributed by atoms with E-state index in [-0.39, 0.29) is 28.8 Å². The number of nitrogens with two attached hydrogens (primary N) is 1. The normalized spacial score (nSPS) is 11.3. The molecular formula is C13H9ClF4N4O. The molecule has 0 fully saturated rings. The van der Waals surface area contributed by atoms with Gasteiger partial charge in [0.15, 0.2) is 0 Å². The van der Waals surface area contributed by atoms with Crippen molar-refractivity contribution in [3.8, 4) is 0 Å². The summed E-state index contributed by atoms with van der Waals surface area (Å²) in [5.74, 6) is -1.94. The fourth-order valence-corrected chi connectivity index (χ4v) is 1.91. The van der Waals surface area contributed by atoms with Crippen molar-refractivity contribution in [1.29, 1.82) is 0 Å². The average Bonchev–Trinajstić information content (AvgIpc) is 2.43. The Labute approximate surface area is 132 Å². The predicted molar refractivity (Wildman–Crippen MR) is 74.3 cm³/mol. The second-order valence-corrected chi connectivity index (χ2v) is 4.80. The monoisotopic (exact) mass is 348 g/mol. The number of alkyl halides is 3. The van der Waals surface area contributed by atoms with E-state index < -0.39 is 23.5 Å². The number of carbonyl (C=O) groups is 1. The molecule has 23 heavy (non-hydrogen) atoms. The van der Waals surface area contributed by atoms with Gasteiger partial charge in [-0.05, 0) is 35.4 Å². The van der Waals surface area contributed by atoms with Crippen molar-refractivity contribution >= 4 is 23.3 Å². The van der Waals surface area contributed by atoms with Crippen LogP contribution in [-0.2, 0) is 12.7 Å². The largest absolute Gasteiger partial charge is 0.416 e. The summed E-state index contributed by atoms with van der Waals surface area (Å²) in [5, 5.41) is 2.40. The number of benzene rings is 1. The average molecular weight is 349 g/mol. The summed E-state index contributed by atoms with van der Waals surface area (Å²) in [6, 6.07) is 2.09. The van der Waals surface area contributed by atoms with Gasteiger partial charge in [0, 0.05) is 12.7 Å². The van der Waals surface area contributed by atoms with E-state index in [0.717, 1.165) is 18.3 Å². The Morgan fingerprint density at radius 1 is 1.30 bits per heavy atom. The molecule has 3 N–H and O–H groups in total. The van der Waals surface area contributed by atoms with Gasteiger partial charge in [0.25, 0.3) is 5.91 Å². The lowest BCUT2D eigenvalue weighted by atomic mass is 10.1. The Hall–Kier alpha value is -2.42. The van der Waals surface area contributed by atoms with Gasteiger partial charge in [0.1, 0.15) is 11.6 Å². The van der Waals surface area contributed by atoms with E-state index in [1.165, 1.54) is 0 Å². The maximum absolute atomic E-state index is 13.3. The van der Waals surface area contributed by atoms with E-state index in [1.807, 2.05) is 0 Å². The molecule has 1 aromatic heterocycles. The first-order valence-corrected chi connectivity index (χ1v) is 6.47. The van der Waals surface area contributed by atoms with Gasteiger partial charge < -0.3 is 11.1 Å². The third-order valence-electron chi connectivity index (χ3n) is 2.77. The van der Waals surface area contributed by atoms with Gasteiger partial charge in [0.2, 0.25) is 5.28 Å². The lowest BCUT2D eigenvalue weighted by Gasteiger charge is -2.12. The van der Waals surface area contributed by atoms with Crippen LogP contribution < -0.4 is 11.1 Å². The second kappa shape index (κ2) is 6.37. The second-order valence-electron chi connectivity index (χ2n) is 4.47. The van der Waals surface area contributed by atoms with E-state index in [4.69, 9.17) is 17.3 Å². The third kappa shape index (κ3) is 4.28. The van der Waals surface area contributed by atoms with Gasteiger partial charge in [-0.25, -0.2) is 9.37 Å². The van der Waals surface area contributed by atoms with Gasteiger partial charge in [-0.2, -0.15) is 18.2 Å². The van der Waals surface area contributed by atoms with Gasteiger partial charge in [-0.15, -0.1) is 0 Å². The van der Waals surface area contributed by atoms with Crippen LogP contribution in [0.25, 0.3) is 0 Å². The zero-order valence-corrected chi connectivity index (χ0v) is 12.0. The van der Waals surface area contributed by atoms with Crippen molar-refractivity contribution in [2.24, 2.45) is 5.73 Å². The van der Waals surface area contributed by atoms with E-state index in [0.29, 0.717) is 6.07 Å². The molecule has 0 unspecified atom stereocenters. The molecule has 0 spiro atoms. The molecule has 1 heterocycles. The summed E-state index contributed by atoms with van der Waals surface area (Å²) in [6.45, 7) is -0.228. The highest BCUT2D eigenvalue weighted by atomic mass is 35.5. The van der Waals surface area contributed by atoms with Crippen LogP contribution in [0.3, 0.4) is 0 Å². The molecule has 0 aliphatic heterocycles. The minimum atomic E-state index is -4.67. The van der Waals surface area contributed by atoms with Crippen LogP contribution in [0.15, 0.2) is 24.4 Å². The number of carbonyl (C=O) groups excluding carboxylic acids is 1. The van der Waals surface area contributed by atoms with Crippen molar-refractivity contribution in [3.63, 3.8) is 0 Å². The number of halogens is 5. The number of hydrogen-bond acceptors (Lipinski definition) is 4. The number of primary amides is 1. The van der Waals surface area contributed by atoms with Crippen LogP contribution in [0.2, 0.25) is 5.28 Å². The van der Waals surface area contributed by atoms with Gasteiger partial charge >= 0.3 is 6.18 Å². The maximum atomic E-state index is 13.3. The SMILES string of the molecule is NC(=O)c1cnc(Cl)nc1NCc1cc(F)cc(C(F)(F)F)c1. The topological polar surface area (TPSA) is 80.9 Å². The number of anilines is 1. The first kappa shape index (κ1) is 16.9.